The molecule has 1 fully saturated rings. The molecule has 0 aromatic heterocycles. The number of carbonyl (C=O) groups excluding carboxylic acids is 3. The molecule has 1 rings (SSSR count). The molecule has 7 nitrogen and oxygen atoms in total. The zero-order chi connectivity index (χ0) is 13.7. The van der Waals surface area contributed by atoms with Gasteiger partial charge in [-0.1, -0.05) is 22.9 Å². The molecule has 4 N–H and O–H groups in total. The first-order valence-electron chi connectivity index (χ1n) is 5.69. The molecule has 18 heavy (non-hydrogen) atoms. The molecule has 1 aliphatic rings. The maximum Gasteiger partial charge on any atom is 0.241 e. The third kappa shape index (κ3) is 3.67. The molecule has 0 saturated carbocycles. The Morgan fingerprint density at radius 1 is 1.67 bits per heavy atom. The molecular weight excluding hydrogens is 304 g/mol. The van der Waals surface area contributed by atoms with E-state index in [1.807, 2.05) is 0 Å². The van der Waals surface area contributed by atoms with Gasteiger partial charge in [-0.05, 0) is 6.42 Å². The van der Waals surface area contributed by atoms with E-state index in [1.54, 1.807) is 6.92 Å². The standard InChI is InChI=1S/C10H17BrN4O3/c1-2-7(10(12)18)15-9(17)3-6(14-15)5-13-8(16)4-11/h6-7,14H,2-5H2,1H3,(H2,12,18)(H,13,16)/t6?,7-/m1/s1. The summed E-state index contributed by atoms with van der Waals surface area (Å²) in [5.74, 6) is -0.869. The Kier molecular flexibility index (Phi) is 5.54. The molecule has 1 heterocycles. The van der Waals surface area contributed by atoms with Crippen molar-refractivity contribution in [1.82, 2.24) is 15.8 Å². The second-order valence-electron chi connectivity index (χ2n) is 4.06. The van der Waals surface area contributed by atoms with Crippen LogP contribution in [0, 0.1) is 0 Å². The van der Waals surface area contributed by atoms with Crippen molar-refractivity contribution in [2.75, 3.05) is 11.9 Å². The van der Waals surface area contributed by atoms with Gasteiger partial charge in [0.2, 0.25) is 17.7 Å². The van der Waals surface area contributed by atoms with E-state index in [4.69, 9.17) is 5.73 Å². The molecule has 2 atom stereocenters. The quantitative estimate of drug-likeness (QED) is 0.538. The predicted molar refractivity (Wildman–Crippen MR) is 68.5 cm³/mol. The zero-order valence-electron chi connectivity index (χ0n) is 10.1. The highest BCUT2D eigenvalue weighted by Gasteiger charge is 2.35. The van der Waals surface area contributed by atoms with Crippen molar-refractivity contribution < 1.29 is 14.4 Å². The topological polar surface area (TPSA) is 105 Å². The highest BCUT2D eigenvalue weighted by Crippen LogP contribution is 2.12. The van der Waals surface area contributed by atoms with Crippen molar-refractivity contribution in [2.24, 2.45) is 5.73 Å². The summed E-state index contributed by atoms with van der Waals surface area (Å²) in [6.07, 6.45) is 0.695. The van der Waals surface area contributed by atoms with Crippen LogP contribution in [-0.2, 0) is 14.4 Å². The lowest BCUT2D eigenvalue weighted by Gasteiger charge is -2.24. The van der Waals surface area contributed by atoms with E-state index in [9.17, 15) is 14.4 Å². The Labute approximate surface area is 114 Å². The van der Waals surface area contributed by atoms with Gasteiger partial charge in [0.1, 0.15) is 6.04 Å². The molecule has 0 aliphatic carbocycles. The minimum atomic E-state index is -0.644. The Morgan fingerprint density at radius 3 is 2.83 bits per heavy atom. The third-order valence-corrected chi connectivity index (χ3v) is 3.21. The summed E-state index contributed by atoms with van der Waals surface area (Å²) in [5, 5.41) is 4.15. The average molecular weight is 321 g/mol. The van der Waals surface area contributed by atoms with Crippen LogP contribution in [0.5, 0.6) is 0 Å². The lowest BCUT2D eigenvalue weighted by atomic mass is 10.2. The van der Waals surface area contributed by atoms with E-state index in [0.29, 0.717) is 13.0 Å². The van der Waals surface area contributed by atoms with Crippen LogP contribution in [0.2, 0.25) is 0 Å². The van der Waals surface area contributed by atoms with Gasteiger partial charge in [0, 0.05) is 13.0 Å². The van der Waals surface area contributed by atoms with Gasteiger partial charge in [0.05, 0.1) is 11.4 Å². The molecule has 0 bridgehead atoms. The summed E-state index contributed by atoms with van der Waals surface area (Å²) < 4.78 is 0. The first-order valence-corrected chi connectivity index (χ1v) is 6.82. The molecule has 0 aromatic rings. The summed E-state index contributed by atoms with van der Waals surface area (Å²) >= 11 is 3.03. The summed E-state index contributed by atoms with van der Waals surface area (Å²) in [7, 11) is 0. The minimum Gasteiger partial charge on any atom is -0.368 e. The van der Waals surface area contributed by atoms with Crippen LogP contribution in [0.4, 0.5) is 0 Å². The highest BCUT2D eigenvalue weighted by molar-refractivity contribution is 9.09. The van der Waals surface area contributed by atoms with Gasteiger partial charge in [-0.2, -0.15) is 0 Å². The van der Waals surface area contributed by atoms with E-state index in [0.717, 1.165) is 0 Å². The fourth-order valence-corrected chi connectivity index (χ4v) is 2.00. The molecule has 0 spiro atoms. The number of nitrogens with zero attached hydrogens (tertiary/aromatic N) is 1. The third-order valence-electron chi connectivity index (χ3n) is 2.71. The number of hydrazine groups is 1. The number of nitrogens with two attached hydrogens (primary N) is 1. The van der Waals surface area contributed by atoms with E-state index < -0.39 is 11.9 Å². The van der Waals surface area contributed by atoms with Crippen LogP contribution in [0.3, 0.4) is 0 Å². The first kappa shape index (κ1) is 14.9. The molecule has 0 radical (unpaired) electrons. The Bertz CT molecular complexity index is 350. The van der Waals surface area contributed by atoms with Gasteiger partial charge in [-0.25, -0.2) is 5.43 Å². The lowest BCUT2D eigenvalue weighted by Crippen LogP contribution is -2.52. The van der Waals surface area contributed by atoms with Gasteiger partial charge in [-0.3, -0.25) is 19.4 Å². The number of halogens is 1. The summed E-state index contributed by atoms with van der Waals surface area (Å²) in [5.41, 5.74) is 8.14. The van der Waals surface area contributed by atoms with E-state index in [-0.39, 0.29) is 29.6 Å². The number of hydrogen-bond donors (Lipinski definition) is 3. The largest absolute Gasteiger partial charge is 0.368 e. The molecule has 3 amide bonds. The van der Waals surface area contributed by atoms with E-state index in [1.165, 1.54) is 5.01 Å². The number of rotatable bonds is 6. The van der Waals surface area contributed by atoms with Crippen LogP contribution < -0.4 is 16.5 Å². The van der Waals surface area contributed by atoms with Crippen LogP contribution in [0.1, 0.15) is 19.8 Å². The molecule has 1 aliphatic heterocycles. The highest BCUT2D eigenvalue weighted by atomic mass is 79.9. The van der Waals surface area contributed by atoms with Gasteiger partial charge in [0.15, 0.2) is 0 Å². The number of amides is 3. The number of primary amides is 1. The average Bonchev–Trinajstić information content (AvgIpc) is 2.68. The molecule has 102 valence electrons. The molecular formula is C10H17BrN4O3. The monoisotopic (exact) mass is 320 g/mol. The van der Waals surface area contributed by atoms with Crippen LogP contribution in [-0.4, -0.2) is 46.7 Å². The minimum absolute atomic E-state index is 0.148. The van der Waals surface area contributed by atoms with Crippen molar-refractivity contribution in [3.8, 4) is 0 Å². The first-order chi connectivity index (χ1) is 8.49. The molecule has 8 heteroatoms. The van der Waals surface area contributed by atoms with Crippen molar-refractivity contribution in [1.29, 1.82) is 0 Å². The number of carbonyl (C=O) groups is 3. The smallest absolute Gasteiger partial charge is 0.241 e. The van der Waals surface area contributed by atoms with Gasteiger partial charge < -0.3 is 11.1 Å². The lowest BCUT2D eigenvalue weighted by molar-refractivity contribution is -0.138. The van der Waals surface area contributed by atoms with Crippen LogP contribution in [0.25, 0.3) is 0 Å². The van der Waals surface area contributed by atoms with Crippen molar-refractivity contribution in [3.63, 3.8) is 0 Å². The predicted octanol–water partition coefficient (Wildman–Crippen LogP) is -1.13. The summed E-state index contributed by atoms with van der Waals surface area (Å²) in [4.78, 5) is 34.0. The second kappa shape index (κ2) is 6.69. The molecule has 1 saturated heterocycles. The van der Waals surface area contributed by atoms with E-state index >= 15 is 0 Å². The Balaban J connectivity index is 2.53. The van der Waals surface area contributed by atoms with E-state index in [2.05, 4.69) is 26.7 Å². The Morgan fingerprint density at radius 2 is 2.33 bits per heavy atom. The van der Waals surface area contributed by atoms with Crippen LogP contribution in [0.15, 0.2) is 0 Å². The van der Waals surface area contributed by atoms with Crippen LogP contribution >= 0.6 is 15.9 Å². The van der Waals surface area contributed by atoms with Crippen molar-refractivity contribution in [2.45, 2.75) is 31.8 Å². The zero-order valence-corrected chi connectivity index (χ0v) is 11.7. The van der Waals surface area contributed by atoms with Crippen molar-refractivity contribution >= 4 is 33.7 Å². The second-order valence-corrected chi connectivity index (χ2v) is 4.62. The molecule has 1 unspecified atom stereocenters. The normalized spacial score (nSPS) is 20.9. The Hall–Kier alpha value is -1.15. The number of nitrogens with one attached hydrogen (secondary N) is 2. The van der Waals surface area contributed by atoms with Gasteiger partial charge in [0.25, 0.3) is 0 Å². The van der Waals surface area contributed by atoms with Crippen molar-refractivity contribution in [3.05, 3.63) is 0 Å². The fourth-order valence-electron chi connectivity index (χ4n) is 1.80. The van der Waals surface area contributed by atoms with Gasteiger partial charge >= 0.3 is 0 Å². The number of hydrogen-bond acceptors (Lipinski definition) is 4. The maximum atomic E-state index is 11.7. The summed E-state index contributed by atoms with van der Waals surface area (Å²) in [6.45, 7) is 2.12. The SMILES string of the molecule is CC[C@H](C(N)=O)N1NC(CNC(=O)CBr)CC1=O. The fraction of sp³-hybridized carbons (Fsp3) is 0.700. The summed E-state index contributed by atoms with van der Waals surface area (Å²) in [6, 6.07) is -0.844. The van der Waals surface area contributed by atoms with Gasteiger partial charge in [-0.15, -0.1) is 0 Å². The maximum absolute atomic E-state index is 11.7. The molecule has 0 aromatic carbocycles. The number of alkyl halides is 1.